The summed E-state index contributed by atoms with van der Waals surface area (Å²) >= 11 is 0. The number of hydrogen-bond donors (Lipinski definition) is 1. The molecule has 1 N–H and O–H groups in total. The van der Waals surface area contributed by atoms with Crippen LogP contribution in [-0.4, -0.2) is 87.4 Å². The van der Waals surface area contributed by atoms with E-state index in [0.717, 1.165) is 109 Å². The van der Waals surface area contributed by atoms with Gasteiger partial charge in [-0.3, -0.25) is 9.59 Å². The SMILES string of the molecule is CC/C=C\C/C=C\C/C=C\C/C=C\C/C=C\C/C=C\CCCCCCCCCCC(=O)OC(COC(=O)CCCCCCC/C=C\CCCC)COC(OCC[N+](C)(C)C)C(=O)O. The Morgan fingerprint density at radius 2 is 0.905 bits per heavy atom. The van der Waals surface area contributed by atoms with Gasteiger partial charge in [0, 0.05) is 12.8 Å². The van der Waals surface area contributed by atoms with Gasteiger partial charge >= 0.3 is 17.9 Å². The van der Waals surface area contributed by atoms with Crippen LogP contribution in [0.15, 0.2) is 85.1 Å². The summed E-state index contributed by atoms with van der Waals surface area (Å²) in [7, 11) is 5.94. The lowest BCUT2D eigenvalue weighted by atomic mass is 10.1. The van der Waals surface area contributed by atoms with Crippen LogP contribution in [0.4, 0.5) is 0 Å². The van der Waals surface area contributed by atoms with E-state index in [0.29, 0.717) is 17.4 Å². The maximum absolute atomic E-state index is 12.8. The predicted molar refractivity (Wildman–Crippen MR) is 262 cm³/mol. The number of aliphatic carboxylic acids is 1. The highest BCUT2D eigenvalue weighted by Crippen LogP contribution is 2.13. The molecule has 0 rings (SSSR count). The number of unbranched alkanes of at least 4 members (excludes halogenated alkanes) is 15. The van der Waals surface area contributed by atoms with Crippen LogP contribution in [0.1, 0.15) is 181 Å². The number of quaternary nitrogens is 1. The number of carbonyl (C=O) groups is 3. The Bertz CT molecular complexity index is 1300. The smallest absolute Gasteiger partial charge is 0.361 e. The topological polar surface area (TPSA) is 108 Å². The number of carbonyl (C=O) groups excluding carboxylic acids is 2. The van der Waals surface area contributed by atoms with Gasteiger partial charge < -0.3 is 28.5 Å². The van der Waals surface area contributed by atoms with Crippen molar-refractivity contribution in [2.75, 3.05) is 47.5 Å². The number of ether oxygens (including phenoxy) is 4. The molecule has 0 fully saturated rings. The fraction of sp³-hybridized carbons (Fsp3) is 0.685. The van der Waals surface area contributed by atoms with Crippen molar-refractivity contribution in [1.29, 1.82) is 0 Å². The highest BCUT2D eigenvalue weighted by atomic mass is 16.7. The molecule has 360 valence electrons. The van der Waals surface area contributed by atoms with Crippen molar-refractivity contribution < 1.29 is 42.9 Å². The molecule has 9 heteroatoms. The number of hydrogen-bond acceptors (Lipinski definition) is 7. The summed E-state index contributed by atoms with van der Waals surface area (Å²) in [6.07, 6.45) is 55.1. The third kappa shape index (κ3) is 46.3. The molecular weight excluding hydrogens is 791 g/mol. The summed E-state index contributed by atoms with van der Waals surface area (Å²) in [6.45, 7) is 4.68. The fourth-order valence-electron chi connectivity index (χ4n) is 6.29. The van der Waals surface area contributed by atoms with Crippen molar-refractivity contribution in [3.8, 4) is 0 Å². The van der Waals surface area contributed by atoms with E-state index in [2.05, 4.69) is 98.9 Å². The number of carboxylic acids is 1. The second kappa shape index (κ2) is 45.1. The average Bonchev–Trinajstić information content (AvgIpc) is 3.24. The summed E-state index contributed by atoms with van der Waals surface area (Å²) < 4.78 is 22.7. The zero-order valence-corrected chi connectivity index (χ0v) is 40.7. The van der Waals surface area contributed by atoms with Gasteiger partial charge in [-0.1, -0.05) is 170 Å². The monoisotopic (exact) mass is 883 g/mol. The molecule has 0 aliphatic rings. The number of allylic oxidation sites excluding steroid dienone is 14. The molecule has 0 radical (unpaired) electrons. The van der Waals surface area contributed by atoms with Gasteiger partial charge in [0.1, 0.15) is 13.2 Å². The third-order valence-electron chi connectivity index (χ3n) is 10.1. The molecule has 0 bridgehead atoms. The number of likely N-dealkylation sites (N-methyl/N-ethyl adjacent to an activating group) is 1. The van der Waals surface area contributed by atoms with E-state index in [-0.39, 0.29) is 38.6 Å². The first-order valence-corrected chi connectivity index (χ1v) is 24.8. The van der Waals surface area contributed by atoms with Gasteiger partial charge in [0.2, 0.25) is 0 Å². The molecule has 9 nitrogen and oxygen atoms in total. The maximum Gasteiger partial charge on any atom is 0.361 e. The van der Waals surface area contributed by atoms with E-state index in [1.807, 2.05) is 21.1 Å². The van der Waals surface area contributed by atoms with Crippen molar-refractivity contribution in [1.82, 2.24) is 0 Å². The van der Waals surface area contributed by atoms with Crippen molar-refractivity contribution in [2.24, 2.45) is 0 Å². The molecule has 0 saturated carbocycles. The van der Waals surface area contributed by atoms with E-state index >= 15 is 0 Å². The number of carboxylic acid groups (broad SMARTS) is 1. The van der Waals surface area contributed by atoms with Crippen molar-refractivity contribution >= 4 is 17.9 Å². The summed E-state index contributed by atoms with van der Waals surface area (Å²) in [6, 6.07) is 0. The zero-order chi connectivity index (χ0) is 46.3. The van der Waals surface area contributed by atoms with Gasteiger partial charge in [0.25, 0.3) is 6.29 Å². The van der Waals surface area contributed by atoms with Gasteiger partial charge in [-0.2, -0.15) is 0 Å². The Hall–Kier alpha value is -3.53. The minimum absolute atomic E-state index is 0.180. The highest BCUT2D eigenvalue weighted by molar-refractivity contribution is 5.71. The minimum Gasteiger partial charge on any atom is -0.477 e. The first-order chi connectivity index (χ1) is 30.6. The van der Waals surface area contributed by atoms with E-state index in [9.17, 15) is 19.5 Å². The lowest BCUT2D eigenvalue weighted by Crippen LogP contribution is -2.40. The van der Waals surface area contributed by atoms with Gasteiger partial charge in [-0.15, -0.1) is 0 Å². The van der Waals surface area contributed by atoms with Crippen LogP contribution in [0, 0.1) is 0 Å². The van der Waals surface area contributed by atoms with Crippen LogP contribution < -0.4 is 0 Å². The van der Waals surface area contributed by atoms with Crippen LogP contribution in [-0.2, 0) is 33.3 Å². The zero-order valence-electron chi connectivity index (χ0n) is 40.7. The molecule has 0 aromatic rings. The maximum atomic E-state index is 12.8. The van der Waals surface area contributed by atoms with E-state index in [1.165, 1.54) is 38.5 Å². The lowest BCUT2D eigenvalue weighted by molar-refractivity contribution is -0.870. The second-order valence-corrected chi connectivity index (χ2v) is 17.4. The van der Waals surface area contributed by atoms with Crippen molar-refractivity contribution in [3.05, 3.63) is 85.1 Å². The standard InChI is InChI=1S/C54H91NO8/c1-6-8-10-12-14-16-18-19-20-21-22-23-24-25-26-27-28-29-30-31-32-33-35-37-39-41-43-45-52(57)63-50(49-62-54(53(58)59)60-47-46-55(3,4)5)48-61-51(56)44-42-40-38-36-34-17-15-13-11-9-7-2/h8,10,13-16,19-20,22-23,25-26,28-29,50,54H,6-7,9,11-12,17-18,21,24,27,30-49H2,1-5H3/p+1/b10-8-,15-13-,16-14-,20-19-,23-22-,26-25-,29-28-. The lowest BCUT2D eigenvalue weighted by Gasteiger charge is -2.25. The predicted octanol–water partition coefficient (Wildman–Crippen LogP) is 13.7. The molecule has 0 amide bonds. The van der Waals surface area contributed by atoms with Crippen molar-refractivity contribution in [2.45, 2.75) is 193 Å². The molecule has 0 aliphatic heterocycles. The van der Waals surface area contributed by atoms with Gasteiger partial charge in [0.15, 0.2) is 6.10 Å². The van der Waals surface area contributed by atoms with Gasteiger partial charge in [-0.25, -0.2) is 4.79 Å². The van der Waals surface area contributed by atoms with Crippen LogP contribution in [0.2, 0.25) is 0 Å². The molecule has 2 atom stereocenters. The van der Waals surface area contributed by atoms with E-state index < -0.39 is 24.3 Å². The molecule has 63 heavy (non-hydrogen) atoms. The Labute approximate surface area is 385 Å². The minimum atomic E-state index is -1.52. The van der Waals surface area contributed by atoms with E-state index in [4.69, 9.17) is 18.9 Å². The normalized spacial score (nSPS) is 13.6. The molecule has 0 heterocycles. The van der Waals surface area contributed by atoms with Gasteiger partial charge in [0.05, 0.1) is 34.4 Å². The molecule has 0 saturated heterocycles. The Morgan fingerprint density at radius 3 is 1.37 bits per heavy atom. The Morgan fingerprint density at radius 1 is 0.492 bits per heavy atom. The summed E-state index contributed by atoms with van der Waals surface area (Å²) in [5, 5.41) is 9.65. The Kier molecular flexibility index (Phi) is 42.5. The fourth-order valence-corrected chi connectivity index (χ4v) is 6.29. The molecular formula is C54H92NO8+. The highest BCUT2D eigenvalue weighted by Gasteiger charge is 2.25. The average molecular weight is 883 g/mol. The quantitative estimate of drug-likeness (QED) is 0.0212. The summed E-state index contributed by atoms with van der Waals surface area (Å²) in [5.41, 5.74) is 0. The van der Waals surface area contributed by atoms with Gasteiger partial charge in [-0.05, 0) is 83.5 Å². The molecule has 0 aliphatic carbocycles. The molecule has 2 unspecified atom stereocenters. The number of esters is 2. The largest absolute Gasteiger partial charge is 0.477 e. The van der Waals surface area contributed by atoms with Crippen molar-refractivity contribution in [3.63, 3.8) is 0 Å². The van der Waals surface area contributed by atoms with Crippen LogP contribution in [0.25, 0.3) is 0 Å². The molecule has 0 spiro atoms. The number of rotatable bonds is 44. The van der Waals surface area contributed by atoms with Crippen LogP contribution in [0.5, 0.6) is 0 Å². The molecule has 0 aromatic carbocycles. The summed E-state index contributed by atoms with van der Waals surface area (Å²) in [5.74, 6) is -2.04. The van der Waals surface area contributed by atoms with Crippen LogP contribution in [0.3, 0.4) is 0 Å². The third-order valence-corrected chi connectivity index (χ3v) is 10.1. The summed E-state index contributed by atoms with van der Waals surface area (Å²) in [4.78, 5) is 37.1. The first-order valence-electron chi connectivity index (χ1n) is 24.8. The van der Waals surface area contributed by atoms with E-state index in [1.54, 1.807) is 0 Å². The second-order valence-electron chi connectivity index (χ2n) is 17.4. The van der Waals surface area contributed by atoms with Crippen LogP contribution >= 0.6 is 0 Å². The molecule has 0 aromatic heterocycles. The Balaban J connectivity index is 4.31. The first kappa shape index (κ1) is 59.5. The number of nitrogens with zero attached hydrogens (tertiary/aromatic N) is 1.